The van der Waals surface area contributed by atoms with E-state index in [2.05, 4.69) is 21.2 Å². The molecule has 1 aliphatic carbocycles. The van der Waals surface area contributed by atoms with Gasteiger partial charge in [-0.15, -0.1) is 0 Å². The fourth-order valence-electron chi connectivity index (χ4n) is 2.72. The zero-order valence-electron chi connectivity index (χ0n) is 12.0. The highest BCUT2D eigenvalue weighted by molar-refractivity contribution is 9.09. The maximum atomic E-state index is 11.1. The number of carbonyl (C=O) groups excluding carboxylic acids is 1. The number of rotatable bonds is 5. The van der Waals surface area contributed by atoms with Crippen LogP contribution in [0.4, 0.5) is 5.69 Å². The van der Waals surface area contributed by atoms with E-state index in [1.54, 1.807) is 0 Å². The highest BCUT2D eigenvalue weighted by atomic mass is 79.9. The van der Waals surface area contributed by atoms with E-state index in [9.17, 15) is 4.79 Å². The molecule has 1 fully saturated rings. The molecule has 0 spiro atoms. The quantitative estimate of drug-likeness (QED) is 0.809. The van der Waals surface area contributed by atoms with Crippen LogP contribution < -0.4 is 10.1 Å². The second-order valence-electron chi connectivity index (χ2n) is 5.69. The third-order valence-electron chi connectivity index (χ3n) is 3.90. The van der Waals surface area contributed by atoms with Gasteiger partial charge in [0.05, 0.1) is 6.61 Å². The van der Waals surface area contributed by atoms with Gasteiger partial charge in [0.1, 0.15) is 5.75 Å². The predicted molar refractivity (Wildman–Crippen MR) is 85.6 cm³/mol. The summed E-state index contributed by atoms with van der Waals surface area (Å²) >= 11 is 3.65. The molecule has 0 aromatic heterocycles. The van der Waals surface area contributed by atoms with Crippen molar-refractivity contribution in [3.05, 3.63) is 24.3 Å². The van der Waals surface area contributed by atoms with E-state index in [4.69, 9.17) is 4.74 Å². The van der Waals surface area contributed by atoms with Gasteiger partial charge in [0, 0.05) is 29.4 Å². The van der Waals surface area contributed by atoms with Gasteiger partial charge in [0.15, 0.2) is 0 Å². The first-order valence-electron chi connectivity index (χ1n) is 7.20. The minimum Gasteiger partial charge on any atom is -0.493 e. The Bertz CT molecular complexity index is 456. The molecule has 0 radical (unpaired) electrons. The van der Waals surface area contributed by atoms with E-state index in [-0.39, 0.29) is 11.3 Å². The van der Waals surface area contributed by atoms with Gasteiger partial charge in [-0.25, -0.2) is 0 Å². The zero-order valence-corrected chi connectivity index (χ0v) is 13.5. The maximum Gasteiger partial charge on any atom is 0.221 e. The highest BCUT2D eigenvalue weighted by Crippen LogP contribution is 2.38. The first kappa shape index (κ1) is 15.4. The van der Waals surface area contributed by atoms with Gasteiger partial charge in [0.25, 0.3) is 0 Å². The molecule has 20 heavy (non-hydrogen) atoms. The lowest BCUT2D eigenvalue weighted by atomic mass is 9.76. The molecular weight excluding hydrogens is 318 g/mol. The number of hydrogen-bond acceptors (Lipinski definition) is 2. The molecule has 1 saturated carbocycles. The summed E-state index contributed by atoms with van der Waals surface area (Å²) < 4.78 is 5.98. The van der Waals surface area contributed by atoms with Crippen LogP contribution in [0.3, 0.4) is 0 Å². The third kappa shape index (κ3) is 4.23. The van der Waals surface area contributed by atoms with E-state index in [0.717, 1.165) is 23.4 Å². The van der Waals surface area contributed by atoms with E-state index in [0.29, 0.717) is 0 Å². The second-order valence-corrected chi connectivity index (χ2v) is 6.25. The lowest BCUT2D eigenvalue weighted by molar-refractivity contribution is -0.114. The fourth-order valence-corrected chi connectivity index (χ4v) is 3.44. The van der Waals surface area contributed by atoms with Crippen molar-refractivity contribution >= 4 is 27.5 Å². The average Bonchev–Trinajstić information content (AvgIpc) is 2.46. The van der Waals surface area contributed by atoms with Crippen LogP contribution in [-0.4, -0.2) is 17.8 Å². The molecule has 1 aromatic rings. The minimum absolute atomic E-state index is 0.0636. The smallest absolute Gasteiger partial charge is 0.221 e. The summed E-state index contributed by atoms with van der Waals surface area (Å²) in [5, 5.41) is 3.77. The molecule has 0 bridgehead atoms. The van der Waals surface area contributed by atoms with Crippen molar-refractivity contribution in [1.29, 1.82) is 0 Å². The normalized spacial score (nSPS) is 17.5. The summed E-state index contributed by atoms with van der Waals surface area (Å²) in [5.74, 6) is 0.758. The summed E-state index contributed by atoms with van der Waals surface area (Å²) in [6.45, 7) is 2.25. The summed E-state index contributed by atoms with van der Waals surface area (Å²) in [4.78, 5) is 11.1. The lowest BCUT2D eigenvalue weighted by Crippen LogP contribution is -2.32. The molecule has 1 N–H and O–H groups in total. The lowest BCUT2D eigenvalue weighted by Gasteiger charge is -2.35. The van der Waals surface area contributed by atoms with Gasteiger partial charge in [-0.05, 0) is 25.0 Å². The standard InChI is InChI=1S/C16H22BrNO2/c1-13(19)18-14-6-5-7-15(10-14)20-12-16(11-17)8-3-2-4-9-16/h5-7,10H,2-4,8-9,11-12H2,1H3,(H,18,19). The number of ether oxygens (including phenoxy) is 1. The number of hydrogen-bond donors (Lipinski definition) is 1. The second kappa shape index (κ2) is 7.11. The van der Waals surface area contributed by atoms with E-state index < -0.39 is 0 Å². The van der Waals surface area contributed by atoms with Crippen molar-refractivity contribution in [1.82, 2.24) is 0 Å². The van der Waals surface area contributed by atoms with Crippen molar-refractivity contribution in [3.8, 4) is 5.75 Å². The van der Waals surface area contributed by atoms with Gasteiger partial charge in [-0.2, -0.15) is 0 Å². The Kier molecular flexibility index (Phi) is 5.46. The molecule has 0 atom stereocenters. The van der Waals surface area contributed by atoms with Crippen LogP contribution in [-0.2, 0) is 4.79 Å². The summed E-state index contributed by atoms with van der Waals surface area (Å²) in [6, 6.07) is 7.60. The average molecular weight is 340 g/mol. The number of halogens is 1. The van der Waals surface area contributed by atoms with E-state index in [1.165, 1.54) is 39.0 Å². The van der Waals surface area contributed by atoms with Crippen molar-refractivity contribution in [2.24, 2.45) is 5.41 Å². The number of carbonyl (C=O) groups is 1. The molecule has 4 heteroatoms. The van der Waals surface area contributed by atoms with Crippen LogP contribution in [0.5, 0.6) is 5.75 Å². The third-order valence-corrected chi connectivity index (χ3v) is 5.09. The Labute approximate surface area is 129 Å². The number of nitrogens with one attached hydrogen (secondary N) is 1. The number of alkyl halides is 1. The number of amides is 1. The zero-order chi connectivity index (χ0) is 14.4. The molecule has 2 rings (SSSR count). The van der Waals surface area contributed by atoms with Crippen LogP contribution in [0.15, 0.2) is 24.3 Å². The summed E-state index contributed by atoms with van der Waals surface area (Å²) in [6.07, 6.45) is 6.38. The van der Waals surface area contributed by atoms with Gasteiger partial charge in [0.2, 0.25) is 5.91 Å². The number of benzene rings is 1. The van der Waals surface area contributed by atoms with Crippen LogP contribution >= 0.6 is 15.9 Å². The first-order valence-corrected chi connectivity index (χ1v) is 8.32. The Balaban J connectivity index is 1.97. The van der Waals surface area contributed by atoms with Crippen molar-refractivity contribution < 1.29 is 9.53 Å². The predicted octanol–water partition coefficient (Wildman–Crippen LogP) is 4.37. The monoisotopic (exact) mass is 339 g/mol. The van der Waals surface area contributed by atoms with Gasteiger partial charge < -0.3 is 10.1 Å². The summed E-state index contributed by atoms with van der Waals surface area (Å²) in [5.41, 5.74) is 1.05. The van der Waals surface area contributed by atoms with Crippen LogP contribution in [0, 0.1) is 5.41 Å². The molecule has 0 unspecified atom stereocenters. The molecule has 110 valence electrons. The Morgan fingerprint density at radius 3 is 2.75 bits per heavy atom. The fraction of sp³-hybridized carbons (Fsp3) is 0.562. The van der Waals surface area contributed by atoms with Gasteiger partial charge >= 0.3 is 0 Å². The Hall–Kier alpha value is -1.03. The first-order chi connectivity index (χ1) is 9.63. The maximum absolute atomic E-state index is 11.1. The van der Waals surface area contributed by atoms with Crippen LogP contribution in [0.1, 0.15) is 39.0 Å². The molecule has 0 heterocycles. The van der Waals surface area contributed by atoms with Gasteiger partial charge in [-0.1, -0.05) is 41.3 Å². The SMILES string of the molecule is CC(=O)Nc1cccc(OCC2(CBr)CCCCC2)c1. The largest absolute Gasteiger partial charge is 0.493 e. The summed E-state index contributed by atoms with van der Waals surface area (Å²) in [7, 11) is 0. The molecule has 1 aromatic carbocycles. The topological polar surface area (TPSA) is 38.3 Å². The van der Waals surface area contributed by atoms with E-state index >= 15 is 0 Å². The minimum atomic E-state index is -0.0636. The molecule has 0 saturated heterocycles. The van der Waals surface area contributed by atoms with Crippen molar-refractivity contribution in [2.75, 3.05) is 17.3 Å². The molecular formula is C16H22BrNO2. The van der Waals surface area contributed by atoms with Crippen LogP contribution in [0.25, 0.3) is 0 Å². The highest BCUT2D eigenvalue weighted by Gasteiger charge is 2.31. The Morgan fingerprint density at radius 1 is 1.35 bits per heavy atom. The van der Waals surface area contributed by atoms with Crippen molar-refractivity contribution in [2.45, 2.75) is 39.0 Å². The number of anilines is 1. The van der Waals surface area contributed by atoms with Crippen LogP contribution in [0.2, 0.25) is 0 Å². The molecule has 1 amide bonds. The molecule has 3 nitrogen and oxygen atoms in total. The molecule has 0 aliphatic heterocycles. The Morgan fingerprint density at radius 2 is 2.10 bits per heavy atom. The van der Waals surface area contributed by atoms with E-state index in [1.807, 2.05) is 24.3 Å². The molecule has 1 aliphatic rings. The van der Waals surface area contributed by atoms with Crippen molar-refractivity contribution in [3.63, 3.8) is 0 Å². The van der Waals surface area contributed by atoms with Gasteiger partial charge in [-0.3, -0.25) is 4.79 Å².